The van der Waals surface area contributed by atoms with Crippen molar-refractivity contribution >= 4 is 5.69 Å². The van der Waals surface area contributed by atoms with Crippen molar-refractivity contribution in [1.82, 2.24) is 0 Å². The Labute approximate surface area is 70.6 Å². The summed E-state index contributed by atoms with van der Waals surface area (Å²) in [7, 11) is 0. The second kappa shape index (κ2) is 4.24. The second-order valence-electron chi connectivity index (χ2n) is 2.42. The van der Waals surface area contributed by atoms with Crippen molar-refractivity contribution in [2.45, 2.75) is 12.8 Å². The van der Waals surface area contributed by atoms with Crippen LogP contribution in [0.15, 0.2) is 29.4 Å². The predicted molar refractivity (Wildman–Crippen MR) is 45.8 cm³/mol. The third-order valence-electron chi connectivity index (χ3n) is 1.57. The van der Waals surface area contributed by atoms with Gasteiger partial charge in [0, 0.05) is 6.42 Å². The van der Waals surface area contributed by atoms with E-state index in [0.29, 0.717) is 12.1 Å². The molecule has 1 aromatic carbocycles. The molecule has 0 atom stereocenters. The average Bonchev–Trinajstić information content (AvgIpc) is 2.15. The summed E-state index contributed by atoms with van der Waals surface area (Å²) >= 11 is 0. The SMILES string of the molecule is N#CCCc1ccc(N=O)cc1. The lowest BCUT2D eigenvalue weighted by Gasteiger charge is -1.95. The van der Waals surface area contributed by atoms with Crippen LogP contribution in [0, 0.1) is 16.2 Å². The first kappa shape index (κ1) is 8.41. The molecule has 0 unspecified atom stereocenters. The lowest BCUT2D eigenvalue weighted by molar-refractivity contribution is 1.01. The highest BCUT2D eigenvalue weighted by molar-refractivity contribution is 5.38. The Hall–Kier alpha value is -1.69. The van der Waals surface area contributed by atoms with Gasteiger partial charge in [0.2, 0.25) is 0 Å². The molecule has 0 saturated heterocycles. The fourth-order valence-electron chi connectivity index (χ4n) is 0.924. The Kier molecular flexibility index (Phi) is 2.97. The highest BCUT2D eigenvalue weighted by Crippen LogP contribution is 2.12. The molecule has 0 bridgehead atoms. The van der Waals surface area contributed by atoms with E-state index in [0.717, 1.165) is 12.0 Å². The molecule has 3 nitrogen and oxygen atoms in total. The average molecular weight is 160 g/mol. The van der Waals surface area contributed by atoms with Gasteiger partial charge in [-0.05, 0) is 29.3 Å². The van der Waals surface area contributed by atoms with Crippen molar-refractivity contribution in [1.29, 1.82) is 5.26 Å². The van der Waals surface area contributed by atoms with Gasteiger partial charge in [-0.25, -0.2) is 0 Å². The van der Waals surface area contributed by atoms with Crippen molar-refractivity contribution in [2.24, 2.45) is 5.18 Å². The molecule has 60 valence electrons. The van der Waals surface area contributed by atoms with Crippen LogP contribution in [0.2, 0.25) is 0 Å². The van der Waals surface area contributed by atoms with Crippen LogP contribution in [-0.4, -0.2) is 0 Å². The summed E-state index contributed by atoms with van der Waals surface area (Å²) in [6.07, 6.45) is 1.24. The predicted octanol–water partition coefficient (Wildman–Crippen LogP) is 2.54. The van der Waals surface area contributed by atoms with Crippen LogP contribution in [0.4, 0.5) is 5.69 Å². The minimum Gasteiger partial charge on any atom is -0.198 e. The molecule has 0 radical (unpaired) electrons. The highest BCUT2D eigenvalue weighted by Gasteiger charge is 1.93. The first-order valence-corrected chi connectivity index (χ1v) is 3.66. The van der Waals surface area contributed by atoms with E-state index in [2.05, 4.69) is 11.2 Å². The number of nitrogens with zero attached hydrogens (tertiary/aromatic N) is 2. The molecule has 0 aliphatic carbocycles. The van der Waals surface area contributed by atoms with Gasteiger partial charge in [-0.2, -0.15) is 5.26 Å². The first-order chi connectivity index (χ1) is 5.86. The molecular formula is C9H8N2O. The van der Waals surface area contributed by atoms with Gasteiger partial charge in [0.25, 0.3) is 0 Å². The van der Waals surface area contributed by atoms with Gasteiger partial charge in [-0.1, -0.05) is 12.1 Å². The number of rotatable bonds is 3. The van der Waals surface area contributed by atoms with Crippen molar-refractivity contribution in [2.75, 3.05) is 0 Å². The van der Waals surface area contributed by atoms with Crippen LogP contribution < -0.4 is 0 Å². The van der Waals surface area contributed by atoms with Gasteiger partial charge >= 0.3 is 0 Å². The monoisotopic (exact) mass is 160 g/mol. The molecule has 0 aromatic heterocycles. The Morgan fingerprint density at radius 1 is 1.33 bits per heavy atom. The lowest BCUT2D eigenvalue weighted by Crippen LogP contribution is -1.81. The normalized spacial score (nSPS) is 8.92. The smallest absolute Gasteiger partial charge is 0.108 e. The van der Waals surface area contributed by atoms with Gasteiger partial charge in [0.15, 0.2) is 0 Å². The summed E-state index contributed by atoms with van der Waals surface area (Å²) in [6, 6.07) is 8.99. The molecule has 0 N–H and O–H groups in total. The Bertz CT molecular complexity index is 297. The number of nitriles is 1. The van der Waals surface area contributed by atoms with E-state index in [1.807, 2.05) is 12.1 Å². The van der Waals surface area contributed by atoms with E-state index in [-0.39, 0.29) is 0 Å². The van der Waals surface area contributed by atoms with Crippen LogP contribution in [0.1, 0.15) is 12.0 Å². The summed E-state index contributed by atoms with van der Waals surface area (Å²) in [5.41, 5.74) is 1.49. The Morgan fingerprint density at radius 3 is 2.50 bits per heavy atom. The van der Waals surface area contributed by atoms with E-state index in [1.54, 1.807) is 12.1 Å². The lowest BCUT2D eigenvalue weighted by atomic mass is 10.1. The van der Waals surface area contributed by atoms with Crippen molar-refractivity contribution < 1.29 is 0 Å². The third kappa shape index (κ3) is 2.17. The quantitative estimate of drug-likeness (QED) is 0.638. The third-order valence-corrected chi connectivity index (χ3v) is 1.57. The van der Waals surface area contributed by atoms with Crippen molar-refractivity contribution in [3.05, 3.63) is 34.7 Å². The zero-order valence-electron chi connectivity index (χ0n) is 6.53. The number of hydrogen-bond donors (Lipinski definition) is 0. The number of hydrogen-bond acceptors (Lipinski definition) is 3. The van der Waals surface area contributed by atoms with E-state index < -0.39 is 0 Å². The number of aryl methyl sites for hydroxylation is 1. The maximum absolute atomic E-state index is 10.0. The van der Waals surface area contributed by atoms with Crippen LogP contribution >= 0.6 is 0 Å². The molecule has 0 fully saturated rings. The summed E-state index contributed by atoms with van der Waals surface area (Å²) in [4.78, 5) is 10.0. The molecule has 0 saturated carbocycles. The highest BCUT2D eigenvalue weighted by atomic mass is 16.3. The summed E-state index contributed by atoms with van der Waals surface area (Å²) < 4.78 is 0. The number of benzene rings is 1. The topological polar surface area (TPSA) is 53.2 Å². The fourth-order valence-corrected chi connectivity index (χ4v) is 0.924. The van der Waals surface area contributed by atoms with Gasteiger partial charge in [0.1, 0.15) is 5.69 Å². The van der Waals surface area contributed by atoms with E-state index in [9.17, 15) is 4.91 Å². The maximum atomic E-state index is 10.0. The van der Waals surface area contributed by atoms with Crippen LogP contribution in [0.5, 0.6) is 0 Å². The van der Waals surface area contributed by atoms with Crippen LogP contribution in [0.25, 0.3) is 0 Å². The number of nitroso groups, excluding NO2 is 1. The summed E-state index contributed by atoms with van der Waals surface area (Å²) in [5.74, 6) is 0. The Balaban J connectivity index is 2.66. The van der Waals surface area contributed by atoms with Gasteiger partial charge in [-0.15, -0.1) is 4.91 Å². The zero-order chi connectivity index (χ0) is 8.81. The molecule has 3 heteroatoms. The van der Waals surface area contributed by atoms with E-state index in [1.165, 1.54) is 0 Å². The molecule has 0 aliphatic rings. The van der Waals surface area contributed by atoms with E-state index in [4.69, 9.17) is 5.26 Å². The van der Waals surface area contributed by atoms with Crippen molar-refractivity contribution in [3.8, 4) is 6.07 Å². The fraction of sp³-hybridized carbons (Fsp3) is 0.222. The van der Waals surface area contributed by atoms with Gasteiger partial charge in [0.05, 0.1) is 6.07 Å². The van der Waals surface area contributed by atoms with Crippen LogP contribution in [-0.2, 0) is 6.42 Å². The summed E-state index contributed by atoms with van der Waals surface area (Å²) in [5, 5.41) is 11.1. The molecule has 0 heterocycles. The van der Waals surface area contributed by atoms with Gasteiger partial charge in [-0.3, -0.25) is 0 Å². The zero-order valence-corrected chi connectivity index (χ0v) is 6.53. The molecule has 0 aliphatic heterocycles. The molecule has 0 amide bonds. The van der Waals surface area contributed by atoms with Gasteiger partial charge < -0.3 is 0 Å². The second-order valence-corrected chi connectivity index (χ2v) is 2.42. The molecule has 0 spiro atoms. The maximum Gasteiger partial charge on any atom is 0.108 e. The molecule has 1 rings (SSSR count). The van der Waals surface area contributed by atoms with E-state index >= 15 is 0 Å². The minimum atomic E-state index is 0.427. The standard InChI is InChI=1S/C9H8N2O/c10-7-1-2-8-3-5-9(11-12)6-4-8/h3-6H,1-2H2. The largest absolute Gasteiger partial charge is 0.198 e. The Morgan fingerprint density at radius 2 is 2.00 bits per heavy atom. The minimum absolute atomic E-state index is 0.427. The first-order valence-electron chi connectivity index (χ1n) is 3.66. The molecular weight excluding hydrogens is 152 g/mol. The molecule has 12 heavy (non-hydrogen) atoms. The van der Waals surface area contributed by atoms with Crippen molar-refractivity contribution in [3.63, 3.8) is 0 Å². The molecule has 1 aromatic rings. The van der Waals surface area contributed by atoms with Crippen LogP contribution in [0.3, 0.4) is 0 Å². The summed E-state index contributed by atoms with van der Waals surface area (Å²) in [6.45, 7) is 0.